The second kappa shape index (κ2) is 10.0. The van der Waals surface area contributed by atoms with Gasteiger partial charge in [-0.2, -0.15) is 4.31 Å². The number of benzene rings is 3. The summed E-state index contributed by atoms with van der Waals surface area (Å²) in [5, 5.41) is 0.286. The van der Waals surface area contributed by atoms with E-state index in [0.717, 1.165) is 21.0 Å². The van der Waals surface area contributed by atoms with Gasteiger partial charge in [-0.25, -0.2) is 8.42 Å². The molecule has 0 N–H and O–H groups in total. The first-order chi connectivity index (χ1) is 15.1. The minimum Gasteiger partial charge on any atom is -0.314 e. The highest BCUT2D eigenvalue weighted by Gasteiger charge is 2.30. The molecule has 32 heavy (non-hydrogen) atoms. The molecule has 0 saturated carbocycles. The average Bonchev–Trinajstić information content (AvgIpc) is 2.76. The summed E-state index contributed by atoms with van der Waals surface area (Å²) in [5.74, 6) is -0.370. The van der Waals surface area contributed by atoms with E-state index in [1.165, 1.54) is 23.1 Å². The predicted octanol–water partition coefficient (Wildman–Crippen LogP) is 5.46. The molecule has 0 aliphatic heterocycles. The normalized spacial score (nSPS) is 11.6. The summed E-state index contributed by atoms with van der Waals surface area (Å²) < 4.78 is 28.2. The number of hydrogen-bond donors (Lipinski definition) is 0. The molecule has 168 valence electrons. The van der Waals surface area contributed by atoms with Crippen LogP contribution >= 0.6 is 23.2 Å². The molecule has 0 atom stereocenters. The molecular formula is C24H24Cl2N2O3S. The monoisotopic (exact) mass is 490 g/mol. The van der Waals surface area contributed by atoms with Crippen molar-refractivity contribution in [3.63, 3.8) is 0 Å². The average molecular weight is 491 g/mol. The maximum Gasteiger partial charge on any atom is 0.245 e. The van der Waals surface area contributed by atoms with E-state index < -0.39 is 10.0 Å². The highest BCUT2D eigenvalue weighted by atomic mass is 35.5. The maximum absolute atomic E-state index is 13.5. The molecule has 3 rings (SSSR count). The smallest absolute Gasteiger partial charge is 0.245 e. The molecule has 0 bridgehead atoms. The Labute approximate surface area is 199 Å². The Morgan fingerprint density at radius 2 is 1.59 bits per heavy atom. The zero-order valence-corrected chi connectivity index (χ0v) is 20.4. The highest BCUT2D eigenvalue weighted by molar-refractivity contribution is 7.89. The van der Waals surface area contributed by atoms with Crippen LogP contribution in [0.25, 0.3) is 0 Å². The summed E-state index contributed by atoms with van der Waals surface area (Å²) in [6.07, 6.45) is 0. The second-order valence-corrected chi connectivity index (χ2v) is 10.3. The molecule has 0 fully saturated rings. The fraction of sp³-hybridized carbons (Fsp3) is 0.208. The maximum atomic E-state index is 13.5. The van der Waals surface area contributed by atoms with Crippen molar-refractivity contribution in [2.75, 3.05) is 18.5 Å². The van der Waals surface area contributed by atoms with Gasteiger partial charge in [0.1, 0.15) is 4.90 Å². The third kappa shape index (κ3) is 5.51. The van der Waals surface area contributed by atoms with E-state index in [1.54, 1.807) is 19.2 Å². The fourth-order valence-corrected chi connectivity index (χ4v) is 5.28. The van der Waals surface area contributed by atoms with Gasteiger partial charge in [0, 0.05) is 24.3 Å². The second-order valence-electron chi connectivity index (χ2n) is 7.55. The van der Waals surface area contributed by atoms with Crippen molar-refractivity contribution < 1.29 is 13.2 Å². The molecule has 3 aromatic rings. The summed E-state index contributed by atoms with van der Waals surface area (Å²) in [5.41, 5.74) is 3.59. The minimum atomic E-state index is -4.11. The zero-order chi connectivity index (χ0) is 23.5. The summed E-state index contributed by atoms with van der Waals surface area (Å²) in [6.45, 7) is 3.61. The van der Waals surface area contributed by atoms with Gasteiger partial charge in [0.05, 0.1) is 11.6 Å². The van der Waals surface area contributed by atoms with Crippen molar-refractivity contribution in [2.24, 2.45) is 0 Å². The van der Waals surface area contributed by atoms with Crippen LogP contribution in [0.4, 0.5) is 5.69 Å². The molecule has 3 aromatic carbocycles. The molecule has 0 aromatic heterocycles. The van der Waals surface area contributed by atoms with E-state index in [-0.39, 0.29) is 33.9 Å². The Bertz CT molecular complexity index is 1230. The van der Waals surface area contributed by atoms with Gasteiger partial charge in [0.15, 0.2) is 0 Å². The number of carbonyl (C=O) groups is 1. The molecule has 1 amide bonds. The largest absolute Gasteiger partial charge is 0.314 e. The third-order valence-corrected chi connectivity index (χ3v) is 7.78. The van der Waals surface area contributed by atoms with Crippen LogP contribution in [0.1, 0.15) is 16.7 Å². The number of likely N-dealkylation sites (N-methyl/N-ethyl adjacent to an activating group) is 1. The van der Waals surface area contributed by atoms with E-state index in [4.69, 9.17) is 23.2 Å². The number of hydrogen-bond acceptors (Lipinski definition) is 3. The van der Waals surface area contributed by atoms with Crippen molar-refractivity contribution in [1.29, 1.82) is 0 Å². The first kappa shape index (κ1) is 24.3. The van der Waals surface area contributed by atoms with E-state index in [0.29, 0.717) is 5.69 Å². The first-order valence-corrected chi connectivity index (χ1v) is 12.1. The van der Waals surface area contributed by atoms with Crippen LogP contribution in [0.2, 0.25) is 10.0 Å². The Hall–Kier alpha value is -2.38. The molecule has 0 saturated heterocycles. The molecule has 0 radical (unpaired) electrons. The Morgan fingerprint density at radius 1 is 0.906 bits per heavy atom. The lowest BCUT2D eigenvalue weighted by molar-refractivity contribution is -0.118. The van der Waals surface area contributed by atoms with Gasteiger partial charge in [-0.15, -0.1) is 0 Å². The Morgan fingerprint density at radius 3 is 2.25 bits per heavy atom. The molecule has 0 spiro atoms. The predicted molar refractivity (Wildman–Crippen MR) is 130 cm³/mol. The molecule has 0 unspecified atom stereocenters. The van der Waals surface area contributed by atoms with Gasteiger partial charge in [-0.3, -0.25) is 4.79 Å². The van der Waals surface area contributed by atoms with Crippen LogP contribution in [-0.2, 0) is 21.4 Å². The number of rotatable bonds is 7. The number of carbonyl (C=O) groups excluding carboxylic acids is 1. The minimum absolute atomic E-state index is 0.0124. The number of sulfonamides is 1. The quantitative estimate of drug-likeness (QED) is 0.441. The van der Waals surface area contributed by atoms with Gasteiger partial charge < -0.3 is 4.90 Å². The van der Waals surface area contributed by atoms with Gasteiger partial charge in [0.25, 0.3) is 0 Å². The van der Waals surface area contributed by atoms with Crippen molar-refractivity contribution in [3.05, 3.63) is 93.5 Å². The molecule has 8 heteroatoms. The van der Waals surface area contributed by atoms with Gasteiger partial charge in [-0.1, -0.05) is 59.6 Å². The number of aryl methyl sites for hydroxylation is 2. The van der Waals surface area contributed by atoms with Crippen LogP contribution in [0.5, 0.6) is 0 Å². The van der Waals surface area contributed by atoms with Crippen LogP contribution in [0, 0.1) is 13.8 Å². The van der Waals surface area contributed by atoms with Crippen molar-refractivity contribution in [1.82, 2.24) is 4.31 Å². The van der Waals surface area contributed by atoms with E-state index in [1.807, 2.05) is 50.2 Å². The summed E-state index contributed by atoms with van der Waals surface area (Å²) in [6, 6.07) is 19.0. The zero-order valence-electron chi connectivity index (χ0n) is 18.0. The summed E-state index contributed by atoms with van der Waals surface area (Å²) >= 11 is 12.2. The van der Waals surface area contributed by atoms with Crippen LogP contribution in [0.15, 0.2) is 71.6 Å². The standard InChI is InChI=1S/C24H24Cl2N2O3S/c1-17-9-11-21(13-18(17)2)27(3)24(29)16-28(15-19-7-5-4-6-8-19)32(30,31)23-14-20(25)10-12-22(23)26/h4-14H,15-16H2,1-3H3. The van der Waals surface area contributed by atoms with Crippen LogP contribution in [-0.4, -0.2) is 32.2 Å². The van der Waals surface area contributed by atoms with Gasteiger partial charge in [-0.05, 0) is 60.9 Å². The first-order valence-electron chi connectivity index (χ1n) is 9.92. The van der Waals surface area contributed by atoms with Crippen molar-refractivity contribution >= 4 is 44.8 Å². The molecule has 0 aliphatic rings. The van der Waals surface area contributed by atoms with Crippen molar-refractivity contribution in [3.8, 4) is 0 Å². The Kier molecular flexibility index (Phi) is 7.62. The van der Waals surface area contributed by atoms with E-state index >= 15 is 0 Å². The topological polar surface area (TPSA) is 57.7 Å². The van der Waals surface area contributed by atoms with E-state index in [2.05, 4.69) is 0 Å². The summed E-state index contributed by atoms with van der Waals surface area (Å²) in [7, 11) is -2.48. The third-order valence-electron chi connectivity index (χ3n) is 5.28. The van der Waals surface area contributed by atoms with Gasteiger partial charge >= 0.3 is 0 Å². The summed E-state index contributed by atoms with van der Waals surface area (Å²) in [4.78, 5) is 14.5. The van der Waals surface area contributed by atoms with E-state index in [9.17, 15) is 13.2 Å². The lowest BCUT2D eigenvalue weighted by Gasteiger charge is -2.26. The molecule has 0 aliphatic carbocycles. The highest BCUT2D eigenvalue weighted by Crippen LogP contribution is 2.29. The number of halogens is 2. The number of anilines is 1. The SMILES string of the molecule is Cc1ccc(N(C)C(=O)CN(Cc2ccccc2)S(=O)(=O)c2cc(Cl)ccc2Cl)cc1C. The fourth-order valence-electron chi connectivity index (χ4n) is 3.16. The van der Waals surface area contributed by atoms with Crippen molar-refractivity contribution in [2.45, 2.75) is 25.3 Å². The van der Waals surface area contributed by atoms with Crippen LogP contribution < -0.4 is 4.90 Å². The lowest BCUT2D eigenvalue weighted by Crippen LogP contribution is -2.41. The molecule has 5 nitrogen and oxygen atoms in total. The number of amides is 1. The lowest BCUT2D eigenvalue weighted by atomic mass is 10.1. The van der Waals surface area contributed by atoms with Crippen LogP contribution in [0.3, 0.4) is 0 Å². The van der Waals surface area contributed by atoms with Gasteiger partial charge in [0.2, 0.25) is 15.9 Å². The molecule has 0 heterocycles. The Balaban J connectivity index is 1.96. The number of nitrogens with zero attached hydrogens (tertiary/aromatic N) is 2. The molecular weight excluding hydrogens is 467 g/mol.